The molecule has 0 amide bonds. The van der Waals surface area contributed by atoms with E-state index in [1.54, 1.807) is 13.0 Å². The molecule has 0 bridgehead atoms. The van der Waals surface area contributed by atoms with Crippen LogP contribution in [0.25, 0.3) is 11.3 Å². The topological polar surface area (TPSA) is 12.9 Å². The molecule has 0 aliphatic rings. The second-order valence-electron chi connectivity index (χ2n) is 4.08. The Morgan fingerprint density at radius 2 is 1.74 bits per heavy atom. The van der Waals surface area contributed by atoms with Crippen molar-refractivity contribution in [2.24, 2.45) is 0 Å². The molecular weight excluding hydrogens is 282 g/mol. The monoisotopic (exact) mass is 289 g/mol. The summed E-state index contributed by atoms with van der Waals surface area (Å²) in [4.78, 5) is 3.80. The molecule has 0 saturated carbocycles. The average Bonchev–Trinajstić information content (AvgIpc) is 2.25. The molecule has 19 heavy (non-hydrogen) atoms. The summed E-state index contributed by atoms with van der Waals surface area (Å²) in [6, 6.07) is 5.52. The largest absolute Gasteiger partial charge is 0.416 e. The number of benzene rings is 1. The van der Waals surface area contributed by atoms with E-state index in [9.17, 15) is 17.6 Å². The fraction of sp³-hybridized carbons (Fsp3) is 0.154. The standard InChI is InChI=1S/C13H8ClF4N/c1-7-2-8(4-10(15)3-7)11-5-9(13(16,17)18)6-12(14)19-11/h2-6H,1H3. The van der Waals surface area contributed by atoms with Crippen molar-refractivity contribution in [2.45, 2.75) is 13.1 Å². The highest BCUT2D eigenvalue weighted by atomic mass is 35.5. The summed E-state index contributed by atoms with van der Waals surface area (Å²) >= 11 is 5.58. The second kappa shape index (κ2) is 4.81. The van der Waals surface area contributed by atoms with Gasteiger partial charge in [0.2, 0.25) is 0 Å². The second-order valence-corrected chi connectivity index (χ2v) is 4.47. The Kier molecular flexibility index (Phi) is 3.49. The van der Waals surface area contributed by atoms with Crippen molar-refractivity contribution in [1.29, 1.82) is 0 Å². The SMILES string of the molecule is Cc1cc(F)cc(-c2cc(C(F)(F)F)cc(Cl)n2)c1. The number of aryl methyl sites for hydroxylation is 1. The molecule has 1 aromatic carbocycles. The number of hydrogen-bond acceptors (Lipinski definition) is 1. The predicted octanol–water partition coefficient (Wildman–Crippen LogP) is 4.87. The van der Waals surface area contributed by atoms with E-state index in [1.807, 2.05) is 0 Å². The van der Waals surface area contributed by atoms with Crippen LogP contribution < -0.4 is 0 Å². The third-order valence-corrected chi connectivity index (χ3v) is 2.65. The van der Waals surface area contributed by atoms with Gasteiger partial charge in [-0.15, -0.1) is 0 Å². The van der Waals surface area contributed by atoms with Crippen LogP contribution in [0.15, 0.2) is 30.3 Å². The quantitative estimate of drug-likeness (QED) is 0.539. The molecular formula is C13H8ClF4N. The Hall–Kier alpha value is -1.62. The van der Waals surface area contributed by atoms with Crippen LogP contribution in [-0.2, 0) is 6.18 Å². The number of aromatic nitrogens is 1. The molecule has 1 aromatic heterocycles. The summed E-state index contributed by atoms with van der Waals surface area (Å²) in [6.07, 6.45) is -4.52. The molecule has 0 N–H and O–H groups in total. The summed E-state index contributed by atoms with van der Waals surface area (Å²) in [7, 11) is 0. The predicted molar refractivity (Wildman–Crippen MR) is 64.4 cm³/mol. The molecule has 0 radical (unpaired) electrons. The Morgan fingerprint density at radius 3 is 2.32 bits per heavy atom. The van der Waals surface area contributed by atoms with Gasteiger partial charge >= 0.3 is 6.18 Å². The third-order valence-electron chi connectivity index (χ3n) is 2.46. The van der Waals surface area contributed by atoms with Crippen molar-refractivity contribution in [1.82, 2.24) is 4.98 Å². The average molecular weight is 290 g/mol. The van der Waals surface area contributed by atoms with E-state index in [4.69, 9.17) is 11.6 Å². The first-order valence-electron chi connectivity index (χ1n) is 5.28. The van der Waals surface area contributed by atoms with Crippen LogP contribution in [0.3, 0.4) is 0 Å². The van der Waals surface area contributed by atoms with Crippen molar-refractivity contribution >= 4 is 11.6 Å². The van der Waals surface area contributed by atoms with E-state index in [0.29, 0.717) is 5.56 Å². The highest BCUT2D eigenvalue weighted by molar-refractivity contribution is 6.29. The van der Waals surface area contributed by atoms with Gasteiger partial charge in [0.25, 0.3) is 0 Å². The van der Waals surface area contributed by atoms with Crippen molar-refractivity contribution in [2.75, 3.05) is 0 Å². The summed E-state index contributed by atoms with van der Waals surface area (Å²) < 4.78 is 51.3. The minimum atomic E-state index is -4.52. The molecule has 0 fully saturated rings. The summed E-state index contributed by atoms with van der Waals surface area (Å²) in [5, 5.41) is -0.285. The van der Waals surface area contributed by atoms with E-state index in [0.717, 1.165) is 18.2 Å². The Balaban J connectivity index is 2.59. The van der Waals surface area contributed by atoms with Gasteiger partial charge in [0.1, 0.15) is 11.0 Å². The molecule has 2 aromatic rings. The van der Waals surface area contributed by atoms with Crippen LogP contribution in [0, 0.1) is 12.7 Å². The lowest BCUT2D eigenvalue weighted by Crippen LogP contribution is -2.05. The van der Waals surface area contributed by atoms with E-state index in [1.165, 1.54) is 6.07 Å². The maximum atomic E-state index is 13.3. The lowest BCUT2D eigenvalue weighted by atomic mass is 10.1. The molecule has 0 aliphatic heterocycles. The Bertz CT molecular complexity index is 602. The van der Waals surface area contributed by atoms with Gasteiger partial charge in [0, 0.05) is 5.56 Å². The smallest absolute Gasteiger partial charge is 0.236 e. The lowest BCUT2D eigenvalue weighted by molar-refractivity contribution is -0.137. The van der Waals surface area contributed by atoms with Crippen LogP contribution >= 0.6 is 11.6 Å². The van der Waals surface area contributed by atoms with E-state index >= 15 is 0 Å². The minimum Gasteiger partial charge on any atom is -0.236 e. The fourth-order valence-corrected chi connectivity index (χ4v) is 1.90. The molecule has 0 spiro atoms. The first-order chi connectivity index (χ1) is 8.75. The number of nitrogens with zero attached hydrogens (tertiary/aromatic N) is 1. The third kappa shape index (κ3) is 3.23. The highest BCUT2D eigenvalue weighted by Crippen LogP contribution is 2.33. The molecule has 2 rings (SSSR count). The van der Waals surface area contributed by atoms with Crippen LogP contribution in [0.4, 0.5) is 17.6 Å². The minimum absolute atomic E-state index is 0.0116. The van der Waals surface area contributed by atoms with Crippen LogP contribution in [0.5, 0.6) is 0 Å². The molecule has 0 unspecified atom stereocenters. The summed E-state index contributed by atoms with van der Waals surface area (Å²) in [5.41, 5.74) is -0.0809. The summed E-state index contributed by atoms with van der Waals surface area (Å²) in [5.74, 6) is -0.537. The van der Waals surface area contributed by atoms with Crippen LogP contribution in [0.2, 0.25) is 5.15 Å². The molecule has 0 atom stereocenters. The van der Waals surface area contributed by atoms with Crippen LogP contribution in [-0.4, -0.2) is 4.98 Å². The van der Waals surface area contributed by atoms with E-state index in [2.05, 4.69) is 4.98 Å². The zero-order valence-electron chi connectivity index (χ0n) is 9.72. The number of alkyl halides is 3. The highest BCUT2D eigenvalue weighted by Gasteiger charge is 2.31. The van der Waals surface area contributed by atoms with Gasteiger partial charge in [0.15, 0.2) is 0 Å². The first-order valence-corrected chi connectivity index (χ1v) is 5.66. The maximum Gasteiger partial charge on any atom is 0.416 e. The van der Waals surface area contributed by atoms with Gasteiger partial charge in [-0.05, 0) is 42.8 Å². The molecule has 6 heteroatoms. The van der Waals surface area contributed by atoms with Gasteiger partial charge in [-0.3, -0.25) is 0 Å². The van der Waals surface area contributed by atoms with Gasteiger partial charge < -0.3 is 0 Å². The lowest BCUT2D eigenvalue weighted by Gasteiger charge is -2.10. The van der Waals surface area contributed by atoms with Crippen molar-refractivity contribution in [3.63, 3.8) is 0 Å². The number of rotatable bonds is 1. The molecule has 0 saturated heterocycles. The molecule has 1 nitrogen and oxygen atoms in total. The number of pyridine rings is 1. The normalized spacial score (nSPS) is 11.7. The van der Waals surface area contributed by atoms with Crippen molar-refractivity contribution in [3.8, 4) is 11.3 Å². The van der Waals surface area contributed by atoms with Crippen molar-refractivity contribution in [3.05, 3.63) is 52.4 Å². The number of hydrogen-bond donors (Lipinski definition) is 0. The first kappa shape index (κ1) is 13.8. The zero-order valence-corrected chi connectivity index (χ0v) is 10.5. The van der Waals surface area contributed by atoms with Gasteiger partial charge in [-0.1, -0.05) is 11.6 Å². The van der Waals surface area contributed by atoms with E-state index in [-0.39, 0.29) is 16.4 Å². The van der Waals surface area contributed by atoms with Crippen molar-refractivity contribution < 1.29 is 17.6 Å². The molecule has 1 heterocycles. The Labute approximate surface area is 111 Å². The van der Waals surface area contributed by atoms with E-state index < -0.39 is 17.6 Å². The summed E-state index contributed by atoms with van der Waals surface area (Å²) in [6.45, 7) is 1.64. The molecule has 100 valence electrons. The van der Waals surface area contributed by atoms with Gasteiger partial charge in [-0.2, -0.15) is 13.2 Å². The molecule has 0 aliphatic carbocycles. The fourth-order valence-electron chi connectivity index (χ4n) is 1.69. The van der Waals surface area contributed by atoms with Gasteiger partial charge in [-0.25, -0.2) is 9.37 Å². The zero-order chi connectivity index (χ0) is 14.2. The Morgan fingerprint density at radius 1 is 1.05 bits per heavy atom. The van der Waals surface area contributed by atoms with Gasteiger partial charge in [0.05, 0.1) is 11.3 Å². The number of halogens is 5. The van der Waals surface area contributed by atoms with Crippen LogP contribution in [0.1, 0.15) is 11.1 Å². The maximum absolute atomic E-state index is 13.3.